The molecule has 13 heteroatoms. The monoisotopic (exact) mass is 489 g/mol. The van der Waals surface area contributed by atoms with Gasteiger partial charge in [-0.1, -0.05) is 0 Å². The van der Waals surface area contributed by atoms with Crippen molar-refractivity contribution >= 4 is 5.91 Å². The quantitative estimate of drug-likeness (QED) is 0.173. The van der Waals surface area contributed by atoms with Crippen LogP contribution in [0.3, 0.4) is 0 Å². The number of rotatable bonds is 7. The molecular weight excluding hydrogens is 450 g/mol. The van der Waals surface area contributed by atoms with Gasteiger partial charge in [-0.05, 0) is 32.9 Å². The van der Waals surface area contributed by atoms with Crippen LogP contribution < -0.4 is 27.8 Å². The van der Waals surface area contributed by atoms with Gasteiger partial charge in [0.1, 0.15) is 35.8 Å². The fourth-order valence-electron chi connectivity index (χ4n) is 4.81. The van der Waals surface area contributed by atoms with Gasteiger partial charge in [0.05, 0.1) is 25.2 Å². The van der Waals surface area contributed by atoms with Crippen molar-refractivity contribution in [3.8, 4) is 0 Å². The van der Waals surface area contributed by atoms with Crippen LogP contribution in [0, 0.1) is 0 Å². The number of carbonyl (C=O) groups is 1. The number of nitrogens with one attached hydrogen (secondary N) is 2. The van der Waals surface area contributed by atoms with Crippen molar-refractivity contribution in [2.24, 2.45) is 17.2 Å². The first kappa shape index (κ1) is 27.2. The van der Waals surface area contributed by atoms with Gasteiger partial charge < -0.3 is 62.1 Å². The van der Waals surface area contributed by atoms with E-state index in [-0.39, 0.29) is 25.5 Å². The molecule has 1 amide bonds. The van der Waals surface area contributed by atoms with Gasteiger partial charge in [0.15, 0.2) is 6.29 Å². The van der Waals surface area contributed by atoms with Crippen molar-refractivity contribution in [2.75, 3.05) is 20.2 Å². The van der Waals surface area contributed by atoms with Crippen LogP contribution in [-0.2, 0) is 23.7 Å². The third kappa shape index (κ3) is 5.87. The van der Waals surface area contributed by atoms with Crippen LogP contribution >= 0.6 is 0 Å². The number of hydrogen-bond donors (Lipinski definition) is 8. The Labute approximate surface area is 198 Å². The van der Waals surface area contributed by atoms with Crippen LogP contribution in [0.4, 0.5) is 0 Å². The van der Waals surface area contributed by atoms with Gasteiger partial charge in [-0.2, -0.15) is 0 Å². The Hall–Kier alpha value is -1.39. The molecule has 0 radical (unpaired) electrons. The van der Waals surface area contributed by atoms with Crippen LogP contribution in [0.25, 0.3) is 0 Å². The van der Waals surface area contributed by atoms with Crippen LogP contribution in [0.1, 0.15) is 26.7 Å². The Morgan fingerprint density at radius 1 is 1.21 bits per heavy atom. The zero-order valence-electron chi connectivity index (χ0n) is 19.8. The smallest absolute Gasteiger partial charge is 0.220 e. The van der Waals surface area contributed by atoms with Gasteiger partial charge in [0.25, 0.3) is 0 Å². The summed E-state index contributed by atoms with van der Waals surface area (Å²) in [6.07, 6.45) is -4.10. The first-order valence-corrected chi connectivity index (χ1v) is 11.5. The van der Waals surface area contributed by atoms with Crippen molar-refractivity contribution < 1.29 is 39.1 Å². The molecule has 3 aliphatic rings. The molecule has 34 heavy (non-hydrogen) atoms. The molecule has 3 rings (SSSR count). The second-order valence-electron chi connectivity index (χ2n) is 9.45. The number of nitrogens with two attached hydrogens (primary N) is 3. The topological polar surface area (TPSA) is 217 Å². The molecule has 1 aliphatic carbocycles. The summed E-state index contributed by atoms with van der Waals surface area (Å²) in [5.41, 5.74) is 16.9. The third-order valence-corrected chi connectivity index (χ3v) is 6.57. The van der Waals surface area contributed by atoms with Gasteiger partial charge >= 0.3 is 0 Å². The second-order valence-corrected chi connectivity index (χ2v) is 9.45. The minimum Gasteiger partial charge on any atom is -0.466 e. The van der Waals surface area contributed by atoms with Crippen molar-refractivity contribution in [1.29, 1.82) is 0 Å². The number of likely N-dealkylation sites (N-methyl/N-ethyl adjacent to an activating group) is 1. The molecule has 2 aliphatic heterocycles. The summed E-state index contributed by atoms with van der Waals surface area (Å²) < 4.78 is 23.3. The van der Waals surface area contributed by atoms with E-state index in [1.54, 1.807) is 13.1 Å². The van der Waals surface area contributed by atoms with Crippen molar-refractivity contribution in [3.63, 3.8) is 0 Å². The molecule has 0 aromatic heterocycles. The Morgan fingerprint density at radius 2 is 1.82 bits per heavy atom. The fraction of sp³-hybridized carbons (Fsp3) is 0.857. The minimum absolute atomic E-state index is 0.0970. The van der Waals surface area contributed by atoms with Crippen molar-refractivity contribution in [1.82, 2.24) is 10.6 Å². The Kier molecular flexibility index (Phi) is 8.90. The van der Waals surface area contributed by atoms with Gasteiger partial charge in [-0.3, -0.25) is 4.79 Å². The van der Waals surface area contributed by atoms with E-state index in [9.17, 15) is 20.1 Å². The molecule has 2 fully saturated rings. The average molecular weight is 490 g/mol. The van der Waals surface area contributed by atoms with Crippen molar-refractivity contribution in [2.45, 2.75) is 93.5 Å². The summed E-state index contributed by atoms with van der Waals surface area (Å²) in [7, 11) is 1.61. The lowest BCUT2D eigenvalue weighted by molar-refractivity contribution is -0.303. The second kappa shape index (κ2) is 11.1. The number of aliphatic hydroxyl groups is 3. The van der Waals surface area contributed by atoms with Gasteiger partial charge in [0.2, 0.25) is 12.2 Å². The third-order valence-electron chi connectivity index (χ3n) is 6.57. The Balaban J connectivity index is 1.73. The predicted octanol–water partition coefficient (Wildman–Crippen LogP) is -3.67. The largest absolute Gasteiger partial charge is 0.466 e. The van der Waals surface area contributed by atoms with Gasteiger partial charge in [-0.25, -0.2) is 0 Å². The predicted molar refractivity (Wildman–Crippen MR) is 120 cm³/mol. The van der Waals surface area contributed by atoms with E-state index in [0.29, 0.717) is 12.2 Å². The lowest BCUT2D eigenvalue weighted by Crippen LogP contribution is -2.68. The molecule has 11 N–H and O–H groups in total. The Bertz CT molecular complexity index is 740. The van der Waals surface area contributed by atoms with Gasteiger partial charge in [-0.15, -0.1) is 0 Å². The minimum atomic E-state index is -1.32. The normalized spacial score (nSPS) is 45.3. The fourth-order valence-corrected chi connectivity index (χ4v) is 4.81. The van der Waals surface area contributed by atoms with Crippen LogP contribution in [0.15, 0.2) is 11.8 Å². The molecular formula is C21H39N5O8. The number of amides is 1. The molecule has 196 valence electrons. The summed E-state index contributed by atoms with van der Waals surface area (Å²) in [6, 6.07) is -2.56. The van der Waals surface area contributed by atoms with Crippen LogP contribution in [0.5, 0.6) is 0 Å². The maximum Gasteiger partial charge on any atom is 0.220 e. The molecule has 2 heterocycles. The number of hydrogen-bond acceptors (Lipinski definition) is 12. The molecule has 11 atom stereocenters. The van der Waals surface area contributed by atoms with E-state index < -0.39 is 66.8 Å². The van der Waals surface area contributed by atoms with E-state index >= 15 is 0 Å². The summed E-state index contributed by atoms with van der Waals surface area (Å²) in [6.45, 7) is 2.97. The van der Waals surface area contributed by atoms with E-state index in [0.717, 1.165) is 0 Å². The summed E-state index contributed by atoms with van der Waals surface area (Å²) in [5.74, 6) is 0.237. The molecule has 1 saturated heterocycles. The van der Waals surface area contributed by atoms with Crippen LogP contribution in [0.2, 0.25) is 0 Å². The highest BCUT2D eigenvalue weighted by Crippen LogP contribution is 2.31. The molecule has 0 spiro atoms. The van der Waals surface area contributed by atoms with Crippen molar-refractivity contribution in [3.05, 3.63) is 11.8 Å². The van der Waals surface area contributed by atoms with E-state index in [2.05, 4.69) is 10.6 Å². The van der Waals surface area contributed by atoms with E-state index in [1.807, 2.05) is 0 Å². The summed E-state index contributed by atoms with van der Waals surface area (Å²) in [5, 5.41) is 37.9. The van der Waals surface area contributed by atoms with E-state index in [1.165, 1.54) is 13.8 Å². The number of carbonyl (C=O) groups excluding carboxylic acids is 1. The summed E-state index contributed by atoms with van der Waals surface area (Å²) in [4.78, 5) is 11.6. The first-order chi connectivity index (χ1) is 16.0. The summed E-state index contributed by atoms with van der Waals surface area (Å²) >= 11 is 0. The highest BCUT2D eigenvalue weighted by molar-refractivity contribution is 5.73. The highest BCUT2D eigenvalue weighted by Gasteiger charge is 2.50. The van der Waals surface area contributed by atoms with E-state index in [4.69, 9.17) is 36.1 Å². The lowest BCUT2D eigenvalue weighted by Gasteiger charge is -2.48. The zero-order valence-corrected chi connectivity index (χ0v) is 19.8. The molecule has 1 saturated carbocycles. The molecule has 0 bridgehead atoms. The Morgan fingerprint density at radius 3 is 2.38 bits per heavy atom. The average Bonchev–Trinajstić information content (AvgIpc) is 2.76. The maximum atomic E-state index is 11.6. The van der Waals surface area contributed by atoms with Crippen LogP contribution in [-0.4, -0.2) is 108 Å². The number of ether oxygens (including phenoxy) is 4. The molecule has 0 unspecified atom stereocenters. The SMILES string of the molecule is CN[C@@H]1[C@@H](O)[C@@H](O[C@@H]2[C@@H](O)[C@H](O[C@H]3OC(CN)=CC[C@H]3NC(C)=O)[C@@H](N)C[C@H]2N)OC[C@]1(C)O. The molecule has 13 nitrogen and oxygen atoms in total. The zero-order chi connectivity index (χ0) is 25.2. The maximum absolute atomic E-state index is 11.6. The number of aliphatic hydroxyl groups excluding tert-OH is 2. The molecule has 0 aromatic rings. The highest BCUT2D eigenvalue weighted by atomic mass is 16.7. The first-order valence-electron chi connectivity index (χ1n) is 11.5. The lowest BCUT2D eigenvalue weighted by atomic mass is 9.84. The van der Waals surface area contributed by atoms with Gasteiger partial charge in [0, 0.05) is 19.0 Å². The molecule has 0 aromatic carbocycles. The standard InChI is InChI=1S/C21H39N5O8/c1-9(27)26-13-5-4-10(7-22)32-19(13)33-16-11(23)6-12(24)17(14(16)28)34-20-15(29)18(25-3)21(2,30)8-31-20/h4,11-20,25,28-30H,5-8,22-24H2,1-3H3,(H,26,27)/t11-,12+,13+,14-,15+,16+,17-,18+,19+,20+,21-/m0/s1.